The first kappa shape index (κ1) is 22.6. The number of benzene rings is 1. The number of rotatable bonds is 4. The van der Waals surface area contributed by atoms with E-state index in [2.05, 4.69) is 40.8 Å². The van der Waals surface area contributed by atoms with Crippen molar-refractivity contribution in [1.82, 2.24) is 9.97 Å². The van der Waals surface area contributed by atoms with Gasteiger partial charge in [-0.15, -0.1) is 0 Å². The molecule has 2 aromatic rings. The summed E-state index contributed by atoms with van der Waals surface area (Å²) in [5.41, 5.74) is 1.69. The molecular weight excluding hydrogens is 308 g/mol. The normalized spacial score (nSPS) is 7.75. The Labute approximate surface area is 141 Å². The van der Waals surface area contributed by atoms with Crippen molar-refractivity contribution in [3.63, 3.8) is 0 Å². The van der Waals surface area contributed by atoms with E-state index in [0.29, 0.717) is 18.1 Å². The molecule has 0 spiro atoms. The van der Waals surface area contributed by atoms with Crippen LogP contribution in [0.1, 0.15) is 11.4 Å². The number of nitrogens with zero attached hydrogens (tertiary/aromatic N) is 5. The minimum atomic E-state index is 0.383. The van der Waals surface area contributed by atoms with Crippen molar-refractivity contribution >= 4 is 6.72 Å². The van der Waals surface area contributed by atoms with Crippen LogP contribution in [0.3, 0.4) is 0 Å². The van der Waals surface area contributed by atoms with Gasteiger partial charge in [0.2, 0.25) is 0 Å². The molecule has 126 valence electrons. The average molecular weight is 328 g/mol. The number of hydrogen-bond donors (Lipinski definition) is 1. The molecular formula is C16H20N6O2. The maximum atomic E-state index is 6.50. The largest absolute Gasteiger partial charge is 0.493 e. The van der Waals surface area contributed by atoms with Crippen LogP contribution >= 0.6 is 0 Å². The number of methoxy groups -OCH3 is 1. The monoisotopic (exact) mass is 328 g/mol. The van der Waals surface area contributed by atoms with Crippen LogP contribution < -0.4 is 15.3 Å². The lowest BCUT2D eigenvalue weighted by atomic mass is 10.3. The second-order valence-electron chi connectivity index (χ2n) is 3.77. The second kappa shape index (κ2) is 15.7. The third kappa shape index (κ3) is 9.32. The first-order chi connectivity index (χ1) is 11.7. The highest BCUT2D eigenvalue weighted by molar-refractivity contribution is 5.39. The van der Waals surface area contributed by atoms with Crippen molar-refractivity contribution in [3.05, 3.63) is 48.0 Å². The number of para-hydroxylation sites is 2. The van der Waals surface area contributed by atoms with Crippen LogP contribution in [0.25, 0.3) is 0 Å². The zero-order chi connectivity index (χ0) is 18.8. The predicted molar refractivity (Wildman–Crippen MR) is 91.2 cm³/mol. The Morgan fingerprint density at radius 2 is 1.67 bits per heavy atom. The number of hydrogen-bond acceptors (Lipinski definition) is 8. The molecule has 0 unspecified atom stereocenters. The molecule has 1 heterocycles. The summed E-state index contributed by atoms with van der Waals surface area (Å²) in [7, 11) is 1.62. The van der Waals surface area contributed by atoms with Gasteiger partial charge in [0.25, 0.3) is 0 Å². The van der Waals surface area contributed by atoms with Crippen LogP contribution in [0.2, 0.25) is 0 Å². The highest BCUT2D eigenvalue weighted by Crippen LogP contribution is 2.26. The topological polar surface area (TPSA) is 130 Å². The third-order valence-corrected chi connectivity index (χ3v) is 2.28. The van der Waals surface area contributed by atoms with Gasteiger partial charge in [-0.2, -0.15) is 5.10 Å². The summed E-state index contributed by atoms with van der Waals surface area (Å²) in [5, 5.41) is 15.8. The fraction of sp³-hybridized carbons (Fsp3) is 0.188. The molecule has 2 rings (SSSR count). The van der Waals surface area contributed by atoms with Crippen LogP contribution in [0.15, 0.2) is 41.8 Å². The Bertz CT molecular complexity index is 605. The summed E-state index contributed by atoms with van der Waals surface area (Å²) in [6, 6.07) is 7.52. The summed E-state index contributed by atoms with van der Waals surface area (Å²) >= 11 is 0. The van der Waals surface area contributed by atoms with Gasteiger partial charge in [-0.1, -0.05) is 12.1 Å². The highest BCUT2D eigenvalue weighted by Gasteiger charge is 2.03. The SMILES string of the molecule is C#N.C#N.C=NN.COc1ccccc1OCc1cnc(C)cn1. The molecule has 0 saturated heterocycles. The molecule has 1 aromatic carbocycles. The summed E-state index contributed by atoms with van der Waals surface area (Å²) in [5.74, 6) is 5.78. The van der Waals surface area contributed by atoms with Gasteiger partial charge in [0.1, 0.15) is 6.61 Å². The average Bonchev–Trinajstić information content (AvgIpc) is 2.65. The van der Waals surface area contributed by atoms with E-state index >= 15 is 0 Å². The Kier molecular flexibility index (Phi) is 14.8. The minimum absolute atomic E-state index is 0.383. The molecule has 0 amide bonds. The number of ether oxygens (including phenoxy) is 2. The molecule has 8 heteroatoms. The summed E-state index contributed by atoms with van der Waals surface area (Å²) in [6.45, 7) is 12.2. The molecule has 0 aliphatic rings. The number of hydrazone groups is 1. The minimum Gasteiger partial charge on any atom is -0.493 e. The quantitative estimate of drug-likeness (QED) is 0.517. The number of nitriles is 2. The van der Waals surface area contributed by atoms with Crippen LogP contribution in [0.4, 0.5) is 0 Å². The van der Waals surface area contributed by atoms with Crippen molar-refractivity contribution < 1.29 is 9.47 Å². The summed E-state index contributed by atoms with van der Waals surface area (Å²) < 4.78 is 10.8. The second-order valence-corrected chi connectivity index (χ2v) is 3.77. The standard InChI is InChI=1S/C13H14N2O2.CH4N2.2CHN/c1-10-7-15-11(8-14-10)9-17-13-6-4-3-5-12(13)16-2;1-3-2;2*1-2/h3-8H,9H2,1-2H3;1-2H2;2*1H. The van der Waals surface area contributed by atoms with Crippen molar-refractivity contribution in [1.29, 1.82) is 10.5 Å². The first-order valence-corrected chi connectivity index (χ1v) is 6.42. The fourth-order valence-electron chi connectivity index (χ4n) is 1.38. The Morgan fingerprint density at radius 1 is 1.12 bits per heavy atom. The van der Waals surface area contributed by atoms with Crippen molar-refractivity contribution in [2.45, 2.75) is 13.5 Å². The zero-order valence-electron chi connectivity index (χ0n) is 13.7. The molecule has 2 N–H and O–H groups in total. The Morgan fingerprint density at radius 3 is 2.12 bits per heavy atom. The first-order valence-electron chi connectivity index (χ1n) is 6.42. The van der Waals surface area contributed by atoms with Gasteiger partial charge in [0.05, 0.1) is 24.7 Å². The molecule has 0 saturated carbocycles. The van der Waals surface area contributed by atoms with E-state index in [9.17, 15) is 0 Å². The van der Waals surface area contributed by atoms with Gasteiger partial charge < -0.3 is 15.3 Å². The van der Waals surface area contributed by atoms with Crippen LogP contribution in [0.5, 0.6) is 11.5 Å². The van der Waals surface area contributed by atoms with Gasteiger partial charge in [-0.25, -0.2) is 10.5 Å². The molecule has 0 atom stereocenters. The van der Waals surface area contributed by atoms with E-state index in [1.807, 2.05) is 31.2 Å². The molecule has 0 aliphatic heterocycles. The van der Waals surface area contributed by atoms with E-state index < -0.39 is 0 Å². The fourth-order valence-corrected chi connectivity index (χ4v) is 1.38. The van der Waals surface area contributed by atoms with E-state index in [1.54, 1.807) is 19.5 Å². The van der Waals surface area contributed by atoms with Crippen molar-refractivity contribution in [3.8, 4) is 24.6 Å². The van der Waals surface area contributed by atoms with E-state index in [4.69, 9.17) is 20.0 Å². The number of aryl methyl sites for hydroxylation is 1. The van der Waals surface area contributed by atoms with Gasteiger partial charge in [0, 0.05) is 26.1 Å². The van der Waals surface area contributed by atoms with Crippen molar-refractivity contribution in [2.24, 2.45) is 10.9 Å². The molecule has 0 bridgehead atoms. The van der Waals surface area contributed by atoms with E-state index in [1.165, 1.54) is 0 Å². The Hall–Kier alpha value is -3.65. The smallest absolute Gasteiger partial charge is 0.161 e. The lowest BCUT2D eigenvalue weighted by Crippen LogP contribution is -2.00. The predicted octanol–water partition coefficient (Wildman–Crippen LogP) is 2.21. The van der Waals surface area contributed by atoms with Gasteiger partial charge in [-0.05, 0) is 19.1 Å². The number of aromatic nitrogens is 2. The third-order valence-electron chi connectivity index (χ3n) is 2.28. The lowest BCUT2D eigenvalue weighted by Gasteiger charge is -2.09. The van der Waals surface area contributed by atoms with Crippen LogP contribution in [-0.2, 0) is 6.61 Å². The lowest BCUT2D eigenvalue weighted by molar-refractivity contribution is 0.280. The maximum absolute atomic E-state index is 6.50. The van der Waals surface area contributed by atoms with E-state index in [0.717, 1.165) is 11.4 Å². The van der Waals surface area contributed by atoms with Crippen molar-refractivity contribution in [2.75, 3.05) is 7.11 Å². The summed E-state index contributed by atoms with van der Waals surface area (Å²) in [6.07, 6.45) is 3.44. The zero-order valence-corrected chi connectivity index (χ0v) is 13.7. The number of nitrogens with two attached hydrogens (primary N) is 1. The summed E-state index contributed by atoms with van der Waals surface area (Å²) in [4.78, 5) is 8.38. The maximum Gasteiger partial charge on any atom is 0.161 e. The van der Waals surface area contributed by atoms with Gasteiger partial charge in [-0.3, -0.25) is 9.97 Å². The van der Waals surface area contributed by atoms with Crippen LogP contribution in [0, 0.1) is 30.6 Å². The molecule has 24 heavy (non-hydrogen) atoms. The molecule has 1 aromatic heterocycles. The van der Waals surface area contributed by atoms with Gasteiger partial charge in [0.15, 0.2) is 11.5 Å². The molecule has 0 fully saturated rings. The molecule has 8 nitrogen and oxygen atoms in total. The Balaban J connectivity index is 0. The van der Waals surface area contributed by atoms with Crippen LogP contribution in [-0.4, -0.2) is 23.8 Å². The molecule has 0 aliphatic carbocycles. The van der Waals surface area contributed by atoms with E-state index in [-0.39, 0.29) is 0 Å². The van der Waals surface area contributed by atoms with Gasteiger partial charge >= 0.3 is 0 Å². The highest BCUT2D eigenvalue weighted by atomic mass is 16.5. The molecule has 0 radical (unpaired) electrons.